The summed E-state index contributed by atoms with van der Waals surface area (Å²) in [4.78, 5) is 23.3. The predicted molar refractivity (Wildman–Crippen MR) is 83.1 cm³/mol. The summed E-state index contributed by atoms with van der Waals surface area (Å²) in [5.74, 6) is -1.03. The van der Waals surface area contributed by atoms with E-state index in [0.29, 0.717) is 6.42 Å². The molecule has 0 aliphatic rings. The van der Waals surface area contributed by atoms with Crippen LogP contribution in [0.1, 0.15) is 25.3 Å². The largest absolute Gasteiger partial charge is 0.391 e. The van der Waals surface area contributed by atoms with Crippen molar-refractivity contribution in [2.45, 2.75) is 44.4 Å². The first-order valence-corrected chi connectivity index (χ1v) is 7.34. The highest BCUT2D eigenvalue weighted by Gasteiger charge is 2.25. The van der Waals surface area contributed by atoms with Crippen molar-refractivity contribution in [2.24, 2.45) is 5.73 Å². The van der Waals surface area contributed by atoms with Gasteiger partial charge in [0.15, 0.2) is 5.78 Å². The predicted octanol–water partition coefficient (Wildman–Crippen LogP) is -0.236. The van der Waals surface area contributed by atoms with Gasteiger partial charge in [0.1, 0.15) is 12.6 Å². The number of rotatable bonds is 9. The van der Waals surface area contributed by atoms with Crippen molar-refractivity contribution >= 4 is 11.7 Å². The van der Waals surface area contributed by atoms with Crippen molar-refractivity contribution in [1.29, 1.82) is 0 Å². The lowest BCUT2D eigenvalue weighted by molar-refractivity contribution is -0.132. The molecule has 1 aromatic rings. The van der Waals surface area contributed by atoms with Gasteiger partial charge >= 0.3 is 0 Å². The number of carbonyl (C=O) groups is 2. The Balaban J connectivity index is 2.41. The molecule has 0 saturated carbocycles. The van der Waals surface area contributed by atoms with Crippen LogP contribution in [-0.2, 0) is 16.0 Å². The van der Waals surface area contributed by atoms with Crippen LogP contribution in [0.3, 0.4) is 0 Å². The quantitative estimate of drug-likeness (QED) is 0.503. The molecule has 0 aromatic heterocycles. The molecule has 0 radical (unpaired) electrons. The van der Waals surface area contributed by atoms with E-state index in [-0.39, 0.29) is 12.5 Å². The second-order valence-electron chi connectivity index (χ2n) is 5.40. The van der Waals surface area contributed by atoms with Gasteiger partial charge < -0.3 is 21.3 Å². The van der Waals surface area contributed by atoms with E-state index in [1.54, 1.807) is 0 Å². The van der Waals surface area contributed by atoms with Crippen LogP contribution in [0.5, 0.6) is 0 Å². The van der Waals surface area contributed by atoms with Gasteiger partial charge in [-0.15, -0.1) is 0 Å². The second-order valence-corrected chi connectivity index (χ2v) is 5.40. The van der Waals surface area contributed by atoms with Crippen molar-refractivity contribution in [3.05, 3.63) is 35.9 Å². The fourth-order valence-corrected chi connectivity index (χ4v) is 2.14. The molecule has 1 amide bonds. The molecular formula is C16H24N2O4. The lowest BCUT2D eigenvalue weighted by Gasteiger charge is -2.20. The molecule has 6 heteroatoms. The minimum Gasteiger partial charge on any atom is -0.391 e. The first kappa shape index (κ1) is 18.3. The molecule has 0 unspecified atom stereocenters. The summed E-state index contributed by atoms with van der Waals surface area (Å²) in [5, 5.41) is 20.7. The summed E-state index contributed by atoms with van der Waals surface area (Å²) in [6.07, 6.45) is 0.411. The molecule has 0 aliphatic heterocycles. The molecule has 0 heterocycles. The van der Waals surface area contributed by atoms with Crippen LogP contribution in [0.4, 0.5) is 0 Å². The van der Waals surface area contributed by atoms with E-state index in [9.17, 15) is 14.7 Å². The summed E-state index contributed by atoms with van der Waals surface area (Å²) in [7, 11) is 0. The Kier molecular flexibility index (Phi) is 7.73. The minimum atomic E-state index is -1.10. The molecule has 0 aliphatic carbocycles. The van der Waals surface area contributed by atoms with Crippen molar-refractivity contribution in [1.82, 2.24) is 5.32 Å². The average molecular weight is 308 g/mol. The molecule has 0 spiro atoms. The number of ketones is 1. The molecular weight excluding hydrogens is 284 g/mol. The number of benzene rings is 1. The van der Waals surface area contributed by atoms with Crippen LogP contribution >= 0.6 is 0 Å². The Morgan fingerprint density at radius 1 is 1.27 bits per heavy atom. The van der Waals surface area contributed by atoms with Gasteiger partial charge in [0.05, 0.1) is 6.10 Å². The first-order valence-electron chi connectivity index (χ1n) is 7.34. The zero-order valence-electron chi connectivity index (χ0n) is 12.7. The number of aryl methyl sites for hydroxylation is 1. The molecule has 0 bridgehead atoms. The third-order valence-corrected chi connectivity index (χ3v) is 3.40. The Morgan fingerprint density at radius 2 is 1.91 bits per heavy atom. The molecule has 6 nitrogen and oxygen atoms in total. The highest BCUT2D eigenvalue weighted by Crippen LogP contribution is 2.06. The van der Waals surface area contributed by atoms with Crippen molar-refractivity contribution < 1.29 is 19.8 Å². The third kappa shape index (κ3) is 6.34. The Labute approximate surface area is 130 Å². The van der Waals surface area contributed by atoms with Gasteiger partial charge in [-0.05, 0) is 25.3 Å². The summed E-state index contributed by atoms with van der Waals surface area (Å²) in [6, 6.07) is 8.39. The van der Waals surface area contributed by atoms with Crippen LogP contribution in [0.2, 0.25) is 0 Å². The van der Waals surface area contributed by atoms with Gasteiger partial charge in [-0.2, -0.15) is 0 Å². The Hall–Kier alpha value is -1.76. The van der Waals surface area contributed by atoms with Gasteiger partial charge in [0.2, 0.25) is 5.91 Å². The summed E-state index contributed by atoms with van der Waals surface area (Å²) in [5.41, 5.74) is 7.07. The molecule has 3 atom stereocenters. The fourth-order valence-electron chi connectivity index (χ4n) is 2.14. The van der Waals surface area contributed by atoms with E-state index in [2.05, 4.69) is 5.32 Å². The first-order chi connectivity index (χ1) is 10.4. The number of nitrogens with one attached hydrogen (secondary N) is 1. The number of aliphatic hydroxyl groups is 2. The van der Waals surface area contributed by atoms with Crippen LogP contribution in [0.15, 0.2) is 30.3 Å². The lowest BCUT2D eigenvalue weighted by atomic mass is 10.0. The molecule has 1 aromatic carbocycles. The number of aliphatic hydroxyl groups excluding tert-OH is 2. The summed E-state index contributed by atoms with van der Waals surface area (Å²) < 4.78 is 0. The standard InChI is InChI=1S/C16H24N2O4/c1-11(20)16(14(21)10-19)18-15(22)9-13(17)8-7-12-5-3-2-4-6-12/h2-6,11,13,16,19-20H,7-10,17H2,1H3,(H,18,22)/t11-,13+,16+/m1/s1. The maximum Gasteiger partial charge on any atom is 0.222 e. The van der Waals surface area contributed by atoms with Crippen molar-refractivity contribution in [2.75, 3.05) is 6.61 Å². The third-order valence-electron chi connectivity index (χ3n) is 3.40. The van der Waals surface area contributed by atoms with Gasteiger partial charge in [0, 0.05) is 12.5 Å². The van der Waals surface area contributed by atoms with Gasteiger partial charge in [-0.3, -0.25) is 9.59 Å². The summed E-state index contributed by atoms with van der Waals surface area (Å²) in [6.45, 7) is 0.656. The van der Waals surface area contributed by atoms with Crippen LogP contribution < -0.4 is 11.1 Å². The van der Waals surface area contributed by atoms with Crippen LogP contribution in [-0.4, -0.2) is 46.7 Å². The number of hydrogen-bond acceptors (Lipinski definition) is 5. The second kappa shape index (κ2) is 9.30. The number of amides is 1. The fraction of sp³-hybridized carbons (Fsp3) is 0.500. The van der Waals surface area contributed by atoms with Crippen LogP contribution in [0.25, 0.3) is 0 Å². The number of nitrogens with two attached hydrogens (primary N) is 1. The Morgan fingerprint density at radius 3 is 2.45 bits per heavy atom. The lowest BCUT2D eigenvalue weighted by Crippen LogP contribution is -2.49. The van der Waals surface area contributed by atoms with Gasteiger partial charge in [0.25, 0.3) is 0 Å². The highest BCUT2D eigenvalue weighted by molar-refractivity contribution is 5.90. The Bertz CT molecular complexity index is 476. The van der Waals surface area contributed by atoms with Gasteiger partial charge in [-0.1, -0.05) is 30.3 Å². The zero-order valence-corrected chi connectivity index (χ0v) is 12.7. The molecule has 0 saturated heterocycles. The number of hydrogen-bond donors (Lipinski definition) is 4. The molecule has 22 heavy (non-hydrogen) atoms. The van der Waals surface area contributed by atoms with E-state index >= 15 is 0 Å². The van der Waals surface area contributed by atoms with E-state index in [0.717, 1.165) is 12.0 Å². The zero-order chi connectivity index (χ0) is 16.5. The molecule has 0 fully saturated rings. The summed E-state index contributed by atoms with van der Waals surface area (Å²) >= 11 is 0. The number of Topliss-reactive ketones (excluding diaryl/α,β-unsaturated/α-hetero) is 1. The maximum atomic E-state index is 11.9. The highest BCUT2D eigenvalue weighted by atomic mass is 16.3. The SMILES string of the molecule is C[C@@H](O)[C@H](NC(=O)C[C@@H](N)CCc1ccccc1)C(=O)CO. The van der Waals surface area contributed by atoms with Crippen molar-refractivity contribution in [3.8, 4) is 0 Å². The minimum absolute atomic E-state index is 0.0642. The molecule has 122 valence electrons. The molecule has 1 rings (SSSR count). The van der Waals surface area contributed by atoms with Crippen LogP contribution in [0, 0.1) is 0 Å². The molecule has 5 N–H and O–H groups in total. The normalized spacial score (nSPS) is 14.9. The van der Waals surface area contributed by atoms with E-state index in [1.165, 1.54) is 6.92 Å². The van der Waals surface area contributed by atoms with E-state index < -0.39 is 30.4 Å². The van der Waals surface area contributed by atoms with E-state index in [4.69, 9.17) is 10.8 Å². The maximum absolute atomic E-state index is 11.9. The topological polar surface area (TPSA) is 113 Å². The van der Waals surface area contributed by atoms with Crippen molar-refractivity contribution in [3.63, 3.8) is 0 Å². The average Bonchev–Trinajstić information content (AvgIpc) is 2.50. The smallest absolute Gasteiger partial charge is 0.222 e. The monoisotopic (exact) mass is 308 g/mol. The number of carbonyl (C=O) groups excluding carboxylic acids is 2. The van der Waals surface area contributed by atoms with Gasteiger partial charge in [-0.25, -0.2) is 0 Å². The van der Waals surface area contributed by atoms with E-state index in [1.807, 2.05) is 30.3 Å².